The van der Waals surface area contributed by atoms with Crippen molar-refractivity contribution in [3.05, 3.63) is 94.4 Å². The van der Waals surface area contributed by atoms with Crippen LogP contribution in [0.1, 0.15) is 104 Å². The van der Waals surface area contributed by atoms with Gasteiger partial charge in [-0.25, -0.2) is 4.39 Å². The lowest BCUT2D eigenvalue weighted by Gasteiger charge is -2.31. The molecule has 1 saturated carbocycles. The predicted octanol–water partition coefficient (Wildman–Crippen LogP) is 11.0. The van der Waals surface area contributed by atoms with E-state index < -0.39 is 17.6 Å². The van der Waals surface area contributed by atoms with Crippen LogP contribution in [-0.2, 0) is 15.7 Å². The number of Topliss-reactive ketones (excluding diaryl/α,β-unsaturated/α-hetero) is 1. The standard InChI is InChI=1S/C24H24F3NO.C11H13FO.C4H8O2/c1-3-13-29-23-15(2)11-12-19(20(23)16-8-6-9-16)22-21(24(25,26)27)18-10-5-4-7-17(18)14-28-22;1-3-5-10(13)11-8(2)6-4-7-9(11)12;1-3-4(5)6-2/h4-5,7,10-12,14,16H,3,6,8-9,13H2,1-2H3;4,6-7H,3,5H2,1-2H3;3H2,1-2H3. The van der Waals surface area contributed by atoms with Crippen molar-refractivity contribution >= 4 is 22.5 Å². The van der Waals surface area contributed by atoms with Gasteiger partial charge in [-0.05, 0) is 68.0 Å². The number of esters is 1. The third kappa shape index (κ3) is 9.42. The van der Waals surface area contributed by atoms with Crippen LogP contribution in [0.3, 0.4) is 0 Å². The second-order valence-electron chi connectivity index (χ2n) is 11.8. The average Bonchev–Trinajstić information content (AvgIpc) is 3.03. The summed E-state index contributed by atoms with van der Waals surface area (Å²) in [5, 5.41) is 0.671. The number of alkyl halides is 3. The molecule has 1 aromatic heterocycles. The Morgan fingerprint density at radius 2 is 1.62 bits per heavy atom. The van der Waals surface area contributed by atoms with Gasteiger partial charge in [0.1, 0.15) is 11.6 Å². The number of nitrogens with zero attached hydrogens (tertiary/aromatic N) is 1. The minimum atomic E-state index is -4.50. The van der Waals surface area contributed by atoms with Gasteiger partial charge in [0.2, 0.25) is 0 Å². The number of ether oxygens (including phenoxy) is 2. The van der Waals surface area contributed by atoms with E-state index in [1.165, 1.54) is 25.4 Å². The lowest BCUT2D eigenvalue weighted by atomic mass is 9.76. The normalized spacial score (nSPS) is 12.6. The number of hydrogen-bond acceptors (Lipinski definition) is 5. The minimum Gasteiger partial charge on any atom is -0.493 e. The number of methoxy groups -OCH3 is 1. The van der Waals surface area contributed by atoms with Gasteiger partial charge in [-0.1, -0.05) is 75.7 Å². The van der Waals surface area contributed by atoms with Crippen molar-refractivity contribution in [2.45, 2.75) is 91.7 Å². The first-order valence-corrected chi connectivity index (χ1v) is 16.5. The fourth-order valence-corrected chi connectivity index (χ4v) is 5.55. The fourth-order valence-electron chi connectivity index (χ4n) is 5.55. The van der Waals surface area contributed by atoms with Crippen LogP contribution in [0.2, 0.25) is 0 Å². The molecule has 258 valence electrons. The van der Waals surface area contributed by atoms with Crippen molar-refractivity contribution in [2.75, 3.05) is 13.7 Å². The number of rotatable bonds is 9. The number of hydrogen-bond donors (Lipinski definition) is 0. The lowest BCUT2D eigenvalue weighted by molar-refractivity contribution is -0.140. The molecule has 1 aliphatic rings. The molecule has 0 N–H and O–H groups in total. The van der Waals surface area contributed by atoms with E-state index in [1.807, 2.05) is 26.8 Å². The first kappa shape index (κ1) is 38.2. The van der Waals surface area contributed by atoms with Crippen molar-refractivity contribution in [1.82, 2.24) is 4.98 Å². The Hall–Kier alpha value is -4.27. The maximum absolute atomic E-state index is 14.2. The van der Waals surface area contributed by atoms with Gasteiger partial charge in [0, 0.05) is 35.6 Å². The van der Waals surface area contributed by atoms with Crippen molar-refractivity contribution in [3.8, 4) is 17.0 Å². The number of halogens is 4. The highest BCUT2D eigenvalue weighted by atomic mass is 19.4. The van der Waals surface area contributed by atoms with Gasteiger partial charge in [0.25, 0.3) is 0 Å². The smallest absolute Gasteiger partial charge is 0.419 e. The van der Waals surface area contributed by atoms with E-state index in [4.69, 9.17) is 4.74 Å². The number of ketones is 1. The highest BCUT2D eigenvalue weighted by Gasteiger charge is 2.38. The van der Waals surface area contributed by atoms with Gasteiger partial charge >= 0.3 is 12.1 Å². The zero-order chi connectivity index (χ0) is 35.4. The largest absolute Gasteiger partial charge is 0.493 e. The van der Waals surface area contributed by atoms with Crippen LogP contribution in [0, 0.1) is 19.7 Å². The number of carbonyl (C=O) groups excluding carboxylic acids is 2. The molecule has 5 nitrogen and oxygen atoms in total. The van der Waals surface area contributed by atoms with Crippen molar-refractivity contribution in [3.63, 3.8) is 0 Å². The SMILES string of the molecule is CCC(=O)OC.CCCC(=O)c1c(C)cccc1F.CCCOc1c(C)ccc(-c2ncc3ccccc3c2C(F)(F)F)c1C1CCC1. The van der Waals surface area contributed by atoms with E-state index in [2.05, 4.69) is 9.72 Å². The third-order valence-corrected chi connectivity index (χ3v) is 8.19. The molecule has 1 aliphatic carbocycles. The lowest BCUT2D eigenvalue weighted by Crippen LogP contribution is -2.16. The van der Waals surface area contributed by atoms with E-state index in [-0.39, 0.29) is 34.3 Å². The van der Waals surface area contributed by atoms with Crippen molar-refractivity contribution in [1.29, 1.82) is 0 Å². The van der Waals surface area contributed by atoms with Gasteiger partial charge in [-0.3, -0.25) is 14.6 Å². The van der Waals surface area contributed by atoms with Crippen LogP contribution in [0.4, 0.5) is 17.6 Å². The second kappa shape index (κ2) is 17.8. The number of carbonyl (C=O) groups is 2. The molecule has 0 atom stereocenters. The molecule has 1 fully saturated rings. The first-order chi connectivity index (χ1) is 22.9. The number of aryl methyl sites for hydroxylation is 2. The molecule has 0 radical (unpaired) electrons. The molecule has 0 saturated heterocycles. The number of benzene rings is 3. The van der Waals surface area contributed by atoms with E-state index in [0.717, 1.165) is 54.5 Å². The first-order valence-electron chi connectivity index (χ1n) is 16.5. The maximum atomic E-state index is 14.2. The Balaban J connectivity index is 0.000000272. The highest BCUT2D eigenvalue weighted by molar-refractivity contribution is 5.97. The molecule has 5 rings (SSSR count). The molecular weight excluding hydrogens is 622 g/mol. The molecule has 0 spiro atoms. The summed E-state index contributed by atoms with van der Waals surface area (Å²) in [6.07, 6.45) is 2.54. The van der Waals surface area contributed by atoms with Crippen LogP contribution in [0.15, 0.2) is 60.8 Å². The van der Waals surface area contributed by atoms with Gasteiger partial charge < -0.3 is 9.47 Å². The number of fused-ring (bicyclic) bond motifs is 1. The molecule has 3 aromatic carbocycles. The summed E-state index contributed by atoms with van der Waals surface area (Å²) >= 11 is 0. The summed E-state index contributed by atoms with van der Waals surface area (Å²) in [5.74, 6) is 0.287. The zero-order valence-corrected chi connectivity index (χ0v) is 28.6. The fraction of sp³-hybridized carbons (Fsp3) is 0.410. The van der Waals surface area contributed by atoms with Crippen molar-refractivity contribution in [2.24, 2.45) is 0 Å². The highest BCUT2D eigenvalue weighted by Crippen LogP contribution is 2.49. The molecule has 9 heteroatoms. The zero-order valence-electron chi connectivity index (χ0n) is 28.6. The van der Waals surface area contributed by atoms with E-state index >= 15 is 0 Å². The van der Waals surface area contributed by atoms with E-state index in [9.17, 15) is 27.2 Å². The third-order valence-electron chi connectivity index (χ3n) is 8.19. The molecule has 0 bridgehead atoms. The molecule has 1 heterocycles. The predicted molar refractivity (Wildman–Crippen MR) is 182 cm³/mol. The molecular formula is C39H45F4NO4. The van der Waals surface area contributed by atoms with E-state index in [0.29, 0.717) is 30.4 Å². The van der Waals surface area contributed by atoms with Crippen LogP contribution in [-0.4, -0.2) is 30.5 Å². The van der Waals surface area contributed by atoms with E-state index in [1.54, 1.807) is 50.2 Å². The van der Waals surface area contributed by atoms with Gasteiger partial charge in [0.05, 0.1) is 30.5 Å². The Labute approximate surface area is 280 Å². The maximum Gasteiger partial charge on any atom is 0.419 e. The summed E-state index contributed by atoms with van der Waals surface area (Å²) in [4.78, 5) is 25.7. The summed E-state index contributed by atoms with van der Waals surface area (Å²) in [5.41, 5.74) is 2.70. The Bertz CT molecular complexity index is 1670. The Morgan fingerprint density at radius 3 is 2.17 bits per heavy atom. The molecule has 0 aliphatic heterocycles. The summed E-state index contributed by atoms with van der Waals surface area (Å²) in [6.45, 7) is 9.94. The Kier molecular flexibility index (Phi) is 14.1. The van der Waals surface area contributed by atoms with Gasteiger partial charge in [-0.2, -0.15) is 13.2 Å². The van der Waals surface area contributed by atoms with Crippen molar-refractivity contribution < 1.29 is 36.6 Å². The minimum absolute atomic E-state index is 0.000511. The topological polar surface area (TPSA) is 65.5 Å². The molecule has 4 aromatic rings. The average molecular weight is 668 g/mol. The number of aromatic nitrogens is 1. The van der Waals surface area contributed by atoms with Gasteiger partial charge in [-0.15, -0.1) is 0 Å². The van der Waals surface area contributed by atoms with Crippen LogP contribution < -0.4 is 4.74 Å². The second-order valence-corrected chi connectivity index (χ2v) is 11.8. The summed E-state index contributed by atoms with van der Waals surface area (Å²) in [6, 6.07) is 14.9. The van der Waals surface area contributed by atoms with Gasteiger partial charge in [0.15, 0.2) is 5.78 Å². The van der Waals surface area contributed by atoms with Crippen LogP contribution in [0.25, 0.3) is 22.0 Å². The summed E-state index contributed by atoms with van der Waals surface area (Å²) < 4.78 is 66.1. The van der Waals surface area contributed by atoms with Crippen LogP contribution in [0.5, 0.6) is 5.75 Å². The molecule has 48 heavy (non-hydrogen) atoms. The molecule has 0 unspecified atom stereocenters. The Morgan fingerprint density at radius 1 is 0.917 bits per heavy atom. The molecule has 0 amide bonds. The number of pyridine rings is 1. The monoisotopic (exact) mass is 667 g/mol. The van der Waals surface area contributed by atoms with Crippen LogP contribution >= 0.6 is 0 Å². The quantitative estimate of drug-likeness (QED) is 0.101. The summed E-state index contributed by atoms with van der Waals surface area (Å²) in [7, 11) is 1.38.